The molecular formula is C17H24N2. The van der Waals surface area contributed by atoms with Crippen LogP contribution in [0.2, 0.25) is 0 Å². The zero-order valence-electron chi connectivity index (χ0n) is 12.2. The average Bonchev–Trinajstić information content (AvgIpc) is 2.85. The molecule has 1 unspecified atom stereocenters. The van der Waals surface area contributed by atoms with Crippen LogP contribution in [-0.4, -0.2) is 4.57 Å². The lowest BCUT2D eigenvalue weighted by Crippen LogP contribution is -2.20. The van der Waals surface area contributed by atoms with E-state index in [1.165, 1.54) is 23.2 Å². The molecule has 0 saturated carbocycles. The first-order chi connectivity index (χ1) is 9.20. The van der Waals surface area contributed by atoms with Crippen LogP contribution in [0.5, 0.6) is 0 Å². The second-order valence-corrected chi connectivity index (χ2v) is 5.21. The second kappa shape index (κ2) is 6.58. The number of nitrogens with one attached hydrogen (secondary N) is 1. The zero-order valence-corrected chi connectivity index (χ0v) is 12.2. The SMILES string of the molecule is CCCn1cccc1CNC(C)c1ccc(C)cc1. The van der Waals surface area contributed by atoms with Gasteiger partial charge in [0.05, 0.1) is 0 Å². The molecule has 0 aliphatic carbocycles. The van der Waals surface area contributed by atoms with Gasteiger partial charge in [-0.3, -0.25) is 0 Å². The summed E-state index contributed by atoms with van der Waals surface area (Å²) in [4.78, 5) is 0. The third kappa shape index (κ3) is 3.71. The molecule has 0 aliphatic heterocycles. The summed E-state index contributed by atoms with van der Waals surface area (Å²) in [7, 11) is 0. The van der Waals surface area contributed by atoms with Gasteiger partial charge in [0.15, 0.2) is 0 Å². The van der Waals surface area contributed by atoms with Gasteiger partial charge in [0, 0.05) is 31.0 Å². The molecule has 0 aliphatic rings. The van der Waals surface area contributed by atoms with Gasteiger partial charge in [-0.25, -0.2) is 0 Å². The Bertz CT molecular complexity index is 496. The maximum Gasteiger partial charge on any atom is 0.0364 e. The first-order valence-corrected chi connectivity index (χ1v) is 7.14. The molecule has 0 radical (unpaired) electrons. The quantitative estimate of drug-likeness (QED) is 0.825. The molecule has 19 heavy (non-hydrogen) atoms. The Morgan fingerprint density at radius 2 is 1.89 bits per heavy atom. The van der Waals surface area contributed by atoms with Crippen LogP contribution in [0.1, 0.15) is 43.1 Å². The first kappa shape index (κ1) is 13.9. The number of rotatable bonds is 6. The monoisotopic (exact) mass is 256 g/mol. The molecule has 2 aromatic rings. The molecule has 0 amide bonds. The molecule has 1 atom stereocenters. The Morgan fingerprint density at radius 3 is 2.58 bits per heavy atom. The van der Waals surface area contributed by atoms with Crippen molar-refractivity contribution in [1.82, 2.24) is 9.88 Å². The molecule has 0 bridgehead atoms. The van der Waals surface area contributed by atoms with E-state index in [1.54, 1.807) is 0 Å². The molecule has 2 rings (SSSR count). The van der Waals surface area contributed by atoms with Gasteiger partial charge in [-0.05, 0) is 38.0 Å². The fourth-order valence-corrected chi connectivity index (χ4v) is 2.30. The Hall–Kier alpha value is -1.54. The third-order valence-corrected chi connectivity index (χ3v) is 3.55. The van der Waals surface area contributed by atoms with Gasteiger partial charge in [0.25, 0.3) is 0 Å². The van der Waals surface area contributed by atoms with Crippen LogP contribution >= 0.6 is 0 Å². The van der Waals surface area contributed by atoms with Gasteiger partial charge < -0.3 is 9.88 Å². The summed E-state index contributed by atoms with van der Waals surface area (Å²) in [5, 5.41) is 3.60. The summed E-state index contributed by atoms with van der Waals surface area (Å²) in [6, 6.07) is 13.5. The molecule has 102 valence electrons. The number of nitrogens with zero attached hydrogens (tertiary/aromatic N) is 1. The highest BCUT2D eigenvalue weighted by Gasteiger charge is 2.06. The van der Waals surface area contributed by atoms with Crippen LogP contribution in [-0.2, 0) is 13.1 Å². The highest BCUT2D eigenvalue weighted by molar-refractivity contribution is 5.23. The highest BCUT2D eigenvalue weighted by Crippen LogP contribution is 2.14. The lowest BCUT2D eigenvalue weighted by molar-refractivity contribution is 0.541. The van der Waals surface area contributed by atoms with Crippen molar-refractivity contribution in [3.63, 3.8) is 0 Å². The maximum absolute atomic E-state index is 3.60. The van der Waals surface area contributed by atoms with E-state index in [2.05, 4.69) is 73.3 Å². The Labute approximate surface area is 116 Å². The molecule has 1 aromatic heterocycles. The van der Waals surface area contributed by atoms with E-state index in [-0.39, 0.29) is 0 Å². The summed E-state index contributed by atoms with van der Waals surface area (Å²) < 4.78 is 2.33. The predicted octanol–water partition coefficient (Wildman–Crippen LogP) is 4.06. The summed E-state index contributed by atoms with van der Waals surface area (Å²) >= 11 is 0. The van der Waals surface area contributed by atoms with Crippen LogP contribution in [0.15, 0.2) is 42.6 Å². The van der Waals surface area contributed by atoms with E-state index in [4.69, 9.17) is 0 Å². The summed E-state index contributed by atoms with van der Waals surface area (Å²) in [6.07, 6.45) is 3.34. The number of aromatic nitrogens is 1. The fourth-order valence-electron chi connectivity index (χ4n) is 2.30. The Morgan fingerprint density at radius 1 is 1.16 bits per heavy atom. The van der Waals surface area contributed by atoms with E-state index in [1.807, 2.05) is 0 Å². The van der Waals surface area contributed by atoms with Crippen LogP contribution in [0.25, 0.3) is 0 Å². The van der Waals surface area contributed by atoms with Crippen LogP contribution in [0, 0.1) is 6.92 Å². The van der Waals surface area contributed by atoms with Gasteiger partial charge in [-0.15, -0.1) is 0 Å². The Balaban J connectivity index is 1.94. The summed E-state index contributed by atoms with van der Waals surface area (Å²) in [5.41, 5.74) is 4.02. The summed E-state index contributed by atoms with van der Waals surface area (Å²) in [6.45, 7) is 8.58. The van der Waals surface area contributed by atoms with Gasteiger partial charge in [-0.2, -0.15) is 0 Å². The normalized spacial score (nSPS) is 12.6. The molecule has 0 fully saturated rings. The molecular weight excluding hydrogens is 232 g/mol. The van der Waals surface area contributed by atoms with E-state index in [9.17, 15) is 0 Å². The van der Waals surface area contributed by atoms with E-state index in [0.29, 0.717) is 6.04 Å². The molecule has 0 spiro atoms. The zero-order chi connectivity index (χ0) is 13.7. The van der Waals surface area contributed by atoms with Gasteiger partial charge >= 0.3 is 0 Å². The van der Waals surface area contributed by atoms with Crippen molar-refractivity contribution in [1.29, 1.82) is 0 Å². The standard InChI is InChI=1S/C17H24N2/c1-4-11-19-12-5-6-17(19)13-18-15(3)16-9-7-14(2)8-10-16/h5-10,12,15,18H,4,11,13H2,1-3H3. The number of benzene rings is 1. The van der Waals surface area contributed by atoms with Crippen LogP contribution in [0.4, 0.5) is 0 Å². The van der Waals surface area contributed by atoms with Crippen molar-refractivity contribution >= 4 is 0 Å². The molecule has 1 heterocycles. The first-order valence-electron chi connectivity index (χ1n) is 7.14. The van der Waals surface area contributed by atoms with Gasteiger partial charge in [0.2, 0.25) is 0 Å². The number of hydrogen-bond acceptors (Lipinski definition) is 1. The minimum Gasteiger partial charge on any atom is -0.350 e. The average molecular weight is 256 g/mol. The van der Waals surface area contributed by atoms with Crippen molar-refractivity contribution in [3.05, 3.63) is 59.4 Å². The third-order valence-electron chi connectivity index (χ3n) is 3.55. The van der Waals surface area contributed by atoms with Gasteiger partial charge in [0.1, 0.15) is 0 Å². The van der Waals surface area contributed by atoms with E-state index >= 15 is 0 Å². The smallest absolute Gasteiger partial charge is 0.0364 e. The van der Waals surface area contributed by atoms with Gasteiger partial charge in [-0.1, -0.05) is 36.8 Å². The van der Waals surface area contributed by atoms with Crippen molar-refractivity contribution < 1.29 is 0 Å². The number of hydrogen-bond donors (Lipinski definition) is 1. The molecule has 1 aromatic carbocycles. The summed E-state index contributed by atoms with van der Waals surface area (Å²) in [5.74, 6) is 0. The molecule has 1 N–H and O–H groups in total. The lowest BCUT2D eigenvalue weighted by Gasteiger charge is -2.16. The molecule has 2 heteroatoms. The number of aryl methyl sites for hydroxylation is 2. The Kier molecular flexibility index (Phi) is 4.80. The highest BCUT2D eigenvalue weighted by atomic mass is 15.0. The van der Waals surface area contributed by atoms with Crippen LogP contribution in [0.3, 0.4) is 0 Å². The van der Waals surface area contributed by atoms with E-state index in [0.717, 1.165) is 13.1 Å². The van der Waals surface area contributed by atoms with E-state index < -0.39 is 0 Å². The van der Waals surface area contributed by atoms with Crippen molar-refractivity contribution in [2.24, 2.45) is 0 Å². The van der Waals surface area contributed by atoms with Crippen LogP contribution < -0.4 is 5.32 Å². The fraction of sp³-hybridized carbons (Fsp3) is 0.412. The predicted molar refractivity (Wildman–Crippen MR) is 81.2 cm³/mol. The lowest BCUT2D eigenvalue weighted by atomic mass is 10.1. The largest absolute Gasteiger partial charge is 0.350 e. The second-order valence-electron chi connectivity index (χ2n) is 5.21. The van der Waals surface area contributed by atoms with Crippen molar-refractivity contribution in [2.75, 3.05) is 0 Å². The molecule has 2 nitrogen and oxygen atoms in total. The minimum absolute atomic E-state index is 0.380. The van der Waals surface area contributed by atoms with Crippen molar-refractivity contribution in [2.45, 2.75) is 46.3 Å². The van der Waals surface area contributed by atoms with Crippen molar-refractivity contribution in [3.8, 4) is 0 Å². The topological polar surface area (TPSA) is 17.0 Å². The molecule has 0 saturated heterocycles. The maximum atomic E-state index is 3.60. The minimum atomic E-state index is 0.380.